The van der Waals surface area contributed by atoms with E-state index >= 15 is 0 Å². The number of terminal acetylenes is 1. The summed E-state index contributed by atoms with van der Waals surface area (Å²) in [4.78, 5) is 11.4. The molecular formula is C17H26O2. The topological polar surface area (TPSA) is 26.3 Å². The van der Waals surface area contributed by atoms with Gasteiger partial charge in [0.15, 0.2) is 0 Å². The molecule has 0 amide bonds. The minimum Gasteiger partial charge on any atom is -0.461 e. The van der Waals surface area contributed by atoms with Gasteiger partial charge in [-0.1, -0.05) is 44.8 Å². The molecule has 0 aliphatic carbocycles. The van der Waals surface area contributed by atoms with Crippen molar-refractivity contribution in [2.45, 2.75) is 70.8 Å². The number of allylic oxidation sites excluding steroid dienone is 1. The summed E-state index contributed by atoms with van der Waals surface area (Å²) in [6, 6.07) is 0. The van der Waals surface area contributed by atoms with E-state index in [0.717, 1.165) is 25.7 Å². The molecule has 0 radical (unpaired) electrons. The monoisotopic (exact) mass is 262 g/mol. The van der Waals surface area contributed by atoms with E-state index < -0.39 is 0 Å². The SMILES string of the molecule is C#CCCCC1OC(=O)C1C=CCCCCCCC. The van der Waals surface area contributed by atoms with E-state index in [-0.39, 0.29) is 18.0 Å². The lowest BCUT2D eigenvalue weighted by molar-refractivity contribution is -0.179. The van der Waals surface area contributed by atoms with Crippen molar-refractivity contribution in [2.24, 2.45) is 5.92 Å². The largest absolute Gasteiger partial charge is 0.461 e. The van der Waals surface area contributed by atoms with Crippen LogP contribution in [0.15, 0.2) is 12.2 Å². The molecule has 1 heterocycles. The molecule has 0 aromatic heterocycles. The van der Waals surface area contributed by atoms with Gasteiger partial charge in [-0.2, -0.15) is 0 Å². The first-order chi connectivity index (χ1) is 9.29. The summed E-state index contributed by atoms with van der Waals surface area (Å²) in [7, 11) is 0. The highest BCUT2D eigenvalue weighted by Gasteiger charge is 2.39. The van der Waals surface area contributed by atoms with Crippen molar-refractivity contribution in [1.29, 1.82) is 0 Å². The summed E-state index contributed by atoms with van der Waals surface area (Å²) in [5.41, 5.74) is 0. The third-order valence-corrected chi connectivity index (χ3v) is 3.57. The quantitative estimate of drug-likeness (QED) is 0.255. The molecule has 0 aromatic rings. The molecule has 1 aliphatic heterocycles. The van der Waals surface area contributed by atoms with E-state index in [9.17, 15) is 4.79 Å². The highest BCUT2D eigenvalue weighted by Crippen LogP contribution is 2.28. The molecule has 0 bridgehead atoms. The predicted octanol–water partition coefficient (Wildman–Crippen LogP) is 4.25. The Labute approximate surface area is 117 Å². The van der Waals surface area contributed by atoms with Gasteiger partial charge in [0.25, 0.3) is 0 Å². The van der Waals surface area contributed by atoms with Gasteiger partial charge >= 0.3 is 5.97 Å². The van der Waals surface area contributed by atoms with Crippen molar-refractivity contribution >= 4 is 5.97 Å². The van der Waals surface area contributed by atoms with Crippen LogP contribution >= 0.6 is 0 Å². The van der Waals surface area contributed by atoms with Crippen LogP contribution in [0.2, 0.25) is 0 Å². The summed E-state index contributed by atoms with van der Waals surface area (Å²) in [6.45, 7) is 2.22. The van der Waals surface area contributed by atoms with Gasteiger partial charge < -0.3 is 4.74 Å². The van der Waals surface area contributed by atoms with Gasteiger partial charge in [-0.25, -0.2) is 0 Å². The van der Waals surface area contributed by atoms with E-state index in [1.54, 1.807) is 0 Å². The first-order valence-electron chi connectivity index (χ1n) is 7.60. The molecule has 19 heavy (non-hydrogen) atoms. The van der Waals surface area contributed by atoms with Gasteiger partial charge in [-0.15, -0.1) is 12.3 Å². The van der Waals surface area contributed by atoms with Crippen LogP contribution in [0.3, 0.4) is 0 Å². The number of carbonyl (C=O) groups excluding carboxylic acids is 1. The normalized spacial score (nSPS) is 22.0. The molecule has 0 N–H and O–H groups in total. The molecular weight excluding hydrogens is 236 g/mol. The molecule has 0 saturated carbocycles. The molecule has 106 valence electrons. The number of hydrogen-bond donors (Lipinski definition) is 0. The van der Waals surface area contributed by atoms with Crippen LogP contribution in [-0.2, 0) is 9.53 Å². The fourth-order valence-electron chi connectivity index (χ4n) is 2.34. The minimum atomic E-state index is -0.0760. The van der Waals surface area contributed by atoms with Crippen molar-refractivity contribution < 1.29 is 9.53 Å². The van der Waals surface area contributed by atoms with Gasteiger partial charge in [-0.3, -0.25) is 4.79 Å². The Morgan fingerprint density at radius 2 is 2.05 bits per heavy atom. The van der Waals surface area contributed by atoms with E-state index in [1.807, 2.05) is 6.08 Å². The summed E-state index contributed by atoms with van der Waals surface area (Å²) >= 11 is 0. The van der Waals surface area contributed by atoms with Crippen molar-refractivity contribution in [3.05, 3.63) is 12.2 Å². The zero-order valence-corrected chi connectivity index (χ0v) is 12.1. The Hall–Kier alpha value is -1.23. The van der Waals surface area contributed by atoms with E-state index in [2.05, 4.69) is 18.9 Å². The van der Waals surface area contributed by atoms with Crippen LogP contribution < -0.4 is 0 Å². The molecule has 2 atom stereocenters. The zero-order chi connectivity index (χ0) is 13.9. The van der Waals surface area contributed by atoms with Crippen molar-refractivity contribution in [1.82, 2.24) is 0 Å². The molecule has 1 saturated heterocycles. The first-order valence-corrected chi connectivity index (χ1v) is 7.60. The van der Waals surface area contributed by atoms with E-state index in [0.29, 0.717) is 0 Å². The predicted molar refractivity (Wildman–Crippen MR) is 78.6 cm³/mol. The molecule has 0 spiro atoms. The lowest BCUT2D eigenvalue weighted by Gasteiger charge is -2.33. The smallest absolute Gasteiger partial charge is 0.316 e. The van der Waals surface area contributed by atoms with Crippen molar-refractivity contribution in [3.8, 4) is 12.3 Å². The Morgan fingerprint density at radius 1 is 1.26 bits per heavy atom. The number of unbranched alkanes of at least 4 members (excludes halogenated alkanes) is 6. The second-order valence-corrected chi connectivity index (χ2v) is 5.23. The van der Waals surface area contributed by atoms with Gasteiger partial charge in [0.1, 0.15) is 12.0 Å². The maximum absolute atomic E-state index is 11.4. The Bertz CT molecular complexity index is 325. The van der Waals surface area contributed by atoms with Crippen LogP contribution in [0.1, 0.15) is 64.7 Å². The average Bonchev–Trinajstić information content (AvgIpc) is 2.41. The molecule has 1 rings (SSSR count). The second kappa shape index (κ2) is 9.67. The summed E-state index contributed by atoms with van der Waals surface area (Å²) < 4.78 is 5.15. The summed E-state index contributed by atoms with van der Waals surface area (Å²) in [6.07, 6.45) is 19.6. The molecule has 0 aromatic carbocycles. The Morgan fingerprint density at radius 3 is 2.74 bits per heavy atom. The maximum atomic E-state index is 11.4. The fraction of sp³-hybridized carbons (Fsp3) is 0.706. The number of ether oxygens (including phenoxy) is 1. The molecule has 2 nitrogen and oxygen atoms in total. The third kappa shape index (κ3) is 5.96. The Balaban J connectivity index is 2.12. The Kier molecular flexibility index (Phi) is 8.05. The lowest BCUT2D eigenvalue weighted by atomic mass is 9.92. The van der Waals surface area contributed by atoms with Gasteiger partial charge in [0, 0.05) is 6.42 Å². The number of carbonyl (C=O) groups is 1. The van der Waals surface area contributed by atoms with Crippen molar-refractivity contribution in [2.75, 3.05) is 0 Å². The maximum Gasteiger partial charge on any atom is 0.316 e. The van der Waals surface area contributed by atoms with Gasteiger partial charge in [0.05, 0.1) is 0 Å². The number of cyclic esters (lactones) is 1. The summed E-state index contributed by atoms with van der Waals surface area (Å²) in [5, 5.41) is 0. The van der Waals surface area contributed by atoms with Crippen LogP contribution in [0.25, 0.3) is 0 Å². The average molecular weight is 262 g/mol. The molecule has 2 unspecified atom stereocenters. The van der Waals surface area contributed by atoms with Gasteiger partial charge in [-0.05, 0) is 25.7 Å². The highest BCUT2D eigenvalue weighted by atomic mass is 16.6. The lowest BCUT2D eigenvalue weighted by Crippen LogP contribution is -2.43. The molecule has 2 heteroatoms. The fourth-order valence-corrected chi connectivity index (χ4v) is 2.34. The number of hydrogen-bond acceptors (Lipinski definition) is 2. The standard InChI is InChI=1S/C17H26O2/c1-3-5-7-8-9-10-12-13-15-16(19-17(15)18)14-11-6-4-2/h2,12-13,15-16H,3,5-11,14H2,1H3. The second-order valence-electron chi connectivity index (χ2n) is 5.23. The highest BCUT2D eigenvalue weighted by molar-refractivity contribution is 5.80. The van der Waals surface area contributed by atoms with E-state index in [4.69, 9.17) is 11.2 Å². The third-order valence-electron chi connectivity index (χ3n) is 3.57. The number of rotatable bonds is 10. The van der Waals surface area contributed by atoms with Gasteiger partial charge in [0.2, 0.25) is 0 Å². The first kappa shape index (κ1) is 15.8. The minimum absolute atomic E-state index is 0.0200. The van der Waals surface area contributed by atoms with Crippen LogP contribution in [0, 0.1) is 18.3 Å². The zero-order valence-electron chi connectivity index (χ0n) is 12.1. The molecule has 1 aliphatic rings. The molecule has 1 fully saturated rings. The van der Waals surface area contributed by atoms with E-state index in [1.165, 1.54) is 32.1 Å². The van der Waals surface area contributed by atoms with Crippen molar-refractivity contribution in [3.63, 3.8) is 0 Å². The van der Waals surface area contributed by atoms with Crippen LogP contribution in [0.5, 0.6) is 0 Å². The van der Waals surface area contributed by atoms with Crippen LogP contribution in [-0.4, -0.2) is 12.1 Å². The number of esters is 1. The summed E-state index contributed by atoms with van der Waals surface area (Å²) in [5.74, 6) is 2.52. The van der Waals surface area contributed by atoms with Crippen LogP contribution in [0.4, 0.5) is 0 Å².